The van der Waals surface area contributed by atoms with Gasteiger partial charge in [0.15, 0.2) is 17.3 Å². The van der Waals surface area contributed by atoms with Gasteiger partial charge < -0.3 is 9.88 Å². The SMILES string of the molecule is O=c1[nH]c2cc3c(nc2[nH]1)CCN(c1nc(C(F)(F)F)ccc1F)C3. The van der Waals surface area contributed by atoms with E-state index >= 15 is 0 Å². The number of pyridine rings is 2. The molecule has 0 radical (unpaired) electrons. The highest BCUT2D eigenvalue weighted by molar-refractivity contribution is 5.71. The molecule has 6 nitrogen and oxygen atoms in total. The standard InChI is InChI=1S/C15H11F4N5O/c16-8-1-2-11(15(17,18)19)22-13(8)24-4-3-9-7(6-24)5-10-12(20-9)23-14(25)21-10/h1-2,5H,3-4,6H2,(H2,20,21,23,25). The van der Waals surface area contributed by atoms with Gasteiger partial charge in [-0.15, -0.1) is 0 Å². The van der Waals surface area contributed by atoms with Crippen LogP contribution in [0.15, 0.2) is 23.0 Å². The Morgan fingerprint density at radius 1 is 1.16 bits per heavy atom. The lowest BCUT2D eigenvalue weighted by Crippen LogP contribution is -2.32. The maximum Gasteiger partial charge on any atom is 0.433 e. The third-order valence-corrected chi connectivity index (χ3v) is 4.07. The molecule has 4 heterocycles. The zero-order valence-electron chi connectivity index (χ0n) is 12.6. The van der Waals surface area contributed by atoms with Crippen LogP contribution in [0.2, 0.25) is 0 Å². The Hall–Kier alpha value is -2.91. The number of alkyl halides is 3. The Morgan fingerprint density at radius 2 is 1.96 bits per heavy atom. The maximum absolute atomic E-state index is 14.0. The van der Waals surface area contributed by atoms with Crippen LogP contribution in [0.3, 0.4) is 0 Å². The van der Waals surface area contributed by atoms with Gasteiger partial charge in [0.05, 0.1) is 5.52 Å². The molecule has 1 aliphatic rings. The molecule has 0 fully saturated rings. The average molecular weight is 353 g/mol. The first kappa shape index (κ1) is 15.6. The van der Waals surface area contributed by atoms with E-state index < -0.39 is 23.4 Å². The monoisotopic (exact) mass is 353 g/mol. The van der Waals surface area contributed by atoms with Crippen molar-refractivity contribution in [2.24, 2.45) is 0 Å². The number of H-pyrrole nitrogens is 2. The summed E-state index contributed by atoms with van der Waals surface area (Å²) in [5.41, 5.74) is 0.785. The van der Waals surface area contributed by atoms with Crippen LogP contribution in [-0.4, -0.2) is 26.5 Å². The summed E-state index contributed by atoms with van der Waals surface area (Å²) in [6, 6.07) is 3.07. The van der Waals surface area contributed by atoms with E-state index in [1.807, 2.05) is 0 Å². The molecule has 2 N–H and O–H groups in total. The van der Waals surface area contributed by atoms with Gasteiger partial charge in [0.1, 0.15) is 5.69 Å². The van der Waals surface area contributed by atoms with Crippen LogP contribution in [0.1, 0.15) is 17.0 Å². The number of imidazole rings is 1. The molecule has 0 unspecified atom stereocenters. The van der Waals surface area contributed by atoms with Gasteiger partial charge in [-0.3, -0.25) is 4.98 Å². The summed E-state index contributed by atoms with van der Waals surface area (Å²) in [6.07, 6.45) is -4.25. The molecule has 130 valence electrons. The molecule has 0 amide bonds. The number of hydrogen-bond acceptors (Lipinski definition) is 4. The van der Waals surface area contributed by atoms with Gasteiger partial charge in [-0.1, -0.05) is 0 Å². The van der Waals surface area contributed by atoms with E-state index in [-0.39, 0.29) is 18.9 Å². The number of aromatic nitrogens is 4. The number of hydrogen-bond donors (Lipinski definition) is 2. The predicted octanol–water partition coefficient (Wildman–Crippen LogP) is 2.37. The lowest BCUT2D eigenvalue weighted by atomic mass is 10.1. The quantitative estimate of drug-likeness (QED) is 0.659. The largest absolute Gasteiger partial charge is 0.433 e. The molecule has 25 heavy (non-hydrogen) atoms. The third-order valence-electron chi connectivity index (χ3n) is 4.07. The number of halogens is 4. The summed E-state index contributed by atoms with van der Waals surface area (Å²) in [5, 5.41) is 0. The van der Waals surface area contributed by atoms with Gasteiger partial charge in [0, 0.05) is 25.2 Å². The van der Waals surface area contributed by atoms with E-state index in [1.54, 1.807) is 6.07 Å². The second kappa shape index (κ2) is 5.30. The fourth-order valence-electron chi connectivity index (χ4n) is 2.92. The molecular weight excluding hydrogens is 342 g/mol. The van der Waals surface area contributed by atoms with Crippen molar-refractivity contribution in [2.45, 2.75) is 19.1 Å². The maximum atomic E-state index is 14.0. The summed E-state index contributed by atoms with van der Waals surface area (Å²) in [6.45, 7) is 0.419. The first-order chi connectivity index (χ1) is 11.8. The van der Waals surface area contributed by atoms with E-state index in [0.29, 0.717) is 34.9 Å². The molecule has 0 aliphatic carbocycles. The lowest BCUT2D eigenvalue weighted by Gasteiger charge is -2.29. The van der Waals surface area contributed by atoms with Crippen molar-refractivity contribution in [3.05, 3.63) is 51.5 Å². The smallest absolute Gasteiger partial charge is 0.349 e. The summed E-state index contributed by atoms with van der Waals surface area (Å²) in [5.74, 6) is -1.16. The van der Waals surface area contributed by atoms with Crippen molar-refractivity contribution in [1.82, 2.24) is 19.9 Å². The van der Waals surface area contributed by atoms with Crippen molar-refractivity contribution in [3.63, 3.8) is 0 Å². The van der Waals surface area contributed by atoms with Crippen LogP contribution in [0, 0.1) is 5.82 Å². The van der Waals surface area contributed by atoms with Gasteiger partial charge in [0.25, 0.3) is 0 Å². The van der Waals surface area contributed by atoms with Gasteiger partial charge in [-0.2, -0.15) is 13.2 Å². The van der Waals surface area contributed by atoms with Crippen molar-refractivity contribution >= 4 is 17.0 Å². The van der Waals surface area contributed by atoms with Crippen molar-refractivity contribution in [2.75, 3.05) is 11.4 Å². The number of nitrogens with one attached hydrogen (secondary N) is 2. The summed E-state index contributed by atoms with van der Waals surface area (Å²) in [7, 11) is 0. The van der Waals surface area contributed by atoms with Crippen molar-refractivity contribution in [3.8, 4) is 0 Å². The van der Waals surface area contributed by atoms with Crippen LogP contribution in [0.25, 0.3) is 11.2 Å². The molecule has 3 aromatic heterocycles. The van der Waals surface area contributed by atoms with Crippen molar-refractivity contribution < 1.29 is 17.6 Å². The zero-order chi connectivity index (χ0) is 17.8. The van der Waals surface area contributed by atoms with E-state index in [9.17, 15) is 22.4 Å². The van der Waals surface area contributed by atoms with Gasteiger partial charge in [-0.05, 0) is 23.8 Å². The lowest BCUT2D eigenvalue weighted by molar-refractivity contribution is -0.141. The molecular formula is C15H11F4N5O. The van der Waals surface area contributed by atoms with Crippen LogP contribution in [0.5, 0.6) is 0 Å². The molecule has 3 aromatic rings. The van der Waals surface area contributed by atoms with E-state index in [2.05, 4.69) is 19.9 Å². The Morgan fingerprint density at radius 3 is 2.72 bits per heavy atom. The highest BCUT2D eigenvalue weighted by Gasteiger charge is 2.34. The molecule has 0 saturated carbocycles. The van der Waals surface area contributed by atoms with Gasteiger partial charge in [0.2, 0.25) is 0 Å². The molecule has 1 aliphatic heterocycles. The molecule has 0 spiro atoms. The Bertz CT molecular complexity index is 1020. The fraction of sp³-hybridized carbons (Fsp3) is 0.267. The summed E-state index contributed by atoms with van der Waals surface area (Å²) in [4.78, 5) is 25.7. The highest BCUT2D eigenvalue weighted by Crippen LogP contribution is 2.31. The van der Waals surface area contributed by atoms with Crippen LogP contribution in [0.4, 0.5) is 23.4 Å². The van der Waals surface area contributed by atoms with Crippen molar-refractivity contribution in [1.29, 1.82) is 0 Å². The number of rotatable bonds is 1. The first-order valence-corrected chi connectivity index (χ1v) is 7.41. The van der Waals surface area contributed by atoms with Gasteiger partial charge in [-0.25, -0.2) is 19.2 Å². The topological polar surface area (TPSA) is 77.7 Å². The fourth-order valence-corrected chi connectivity index (χ4v) is 2.92. The number of nitrogens with zero attached hydrogens (tertiary/aromatic N) is 3. The Balaban J connectivity index is 1.72. The predicted molar refractivity (Wildman–Crippen MR) is 80.7 cm³/mol. The van der Waals surface area contributed by atoms with E-state index in [1.165, 1.54) is 4.90 Å². The number of aromatic amines is 2. The second-order valence-electron chi connectivity index (χ2n) is 5.74. The minimum atomic E-state index is -4.64. The van der Waals surface area contributed by atoms with E-state index in [4.69, 9.17) is 0 Å². The molecule has 4 rings (SSSR count). The molecule has 0 aromatic carbocycles. The first-order valence-electron chi connectivity index (χ1n) is 7.41. The Labute approximate surface area is 137 Å². The molecule has 0 atom stereocenters. The summed E-state index contributed by atoms with van der Waals surface area (Å²) < 4.78 is 52.5. The zero-order valence-corrected chi connectivity index (χ0v) is 12.6. The number of anilines is 1. The summed E-state index contributed by atoms with van der Waals surface area (Å²) >= 11 is 0. The molecule has 10 heteroatoms. The van der Waals surface area contributed by atoms with Gasteiger partial charge >= 0.3 is 11.9 Å². The second-order valence-corrected chi connectivity index (χ2v) is 5.74. The van der Waals surface area contributed by atoms with E-state index in [0.717, 1.165) is 6.07 Å². The molecule has 0 bridgehead atoms. The Kier molecular flexibility index (Phi) is 3.31. The minimum Gasteiger partial charge on any atom is -0.349 e. The normalized spacial score (nSPS) is 14.8. The highest BCUT2D eigenvalue weighted by atomic mass is 19.4. The molecule has 0 saturated heterocycles. The number of fused-ring (bicyclic) bond motifs is 2. The minimum absolute atomic E-state index is 0.150. The third kappa shape index (κ3) is 2.73. The van der Waals surface area contributed by atoms with Crippen LogP contribution in [-0.2, 0) is 19.1 Å². The van der Waals surface area contributed by atoms with Crippen LogP contribution < -0.4 is 10.6 Å². The average Bonchev–Trinajstić information content (AvgIpc) is 2.90. The van der Waals surface area contributed by atoms with Crippen LogP contribution >= 0.6 is 0 Å².